The second kappa shape index (κ2) is 6.36. The van der Waals surface area contributed by atoms with Crippen LogP contribution in [0.2, 0.25) is 0 Å². The van der Waals surface area contributed by atoms with E-state index in [0.29, 0.717) is 23.3 Å². The van der Waals surface area contributed by atoms with Gasteiger partial charge in [-0.3, -0.25) is 4.79 Å². The van der Waals surface area contributed by atoms with E-state index in [-0.39, 0.29) is 11.0 Å². The van der Waals surface area contributed by atoms with Gasteiger partial charge in [0.05, 0.1) is 12.5 Å². The van der Waals surface area contributed by atoms with Crippen LogP contribution in [0.15, 0.2) is 59.5 Å². The fraction of sp³-hybridized carbons (Fsp3) is 0.111. The van der Waals surface area contributed by atoms with Gasteiger partial charge in [-0.2, -0.15) is 0 Å². The number of aromatic amines is 1. The lowest BCUT2D eigenvalue weighted by atomic mass is 10.1. The largest absolute Gasteiger partial charge is 0.489 e. The van der Waals surface area contributed by atoms with Crippen molar-refractivity contribution in [1.29, 1.82) is 0 Å². The van der Waals surface area contributed by atoms with Gasteiger partial charge in [0, 0.05) is 11.7 Å². The first-order chi connectivity index (χ1) is 11.2. The third-order valence-electron chi connectivity index (χ3n) is 3.51. The van der Waals surface area contributed by atoms with Gasteiger partial charge in [-0.25, -0.2) is 4.79 Å². The lowest BCUT2D eigenvalue weighted by molar-refractivity contribution is 0.0599. The van der Waals surface area contributed by atoms with Gasteiger partial charge < -0.3 is 14.5 Å². The zero-order valence-corrected chi connectivity index (χ0v) is 12.5. The van der Waals surface area contributed by atoms with Crippen molar-refractivity contribution >= 4 is 16.9 Å². The van der Waals surface area contributed by atoms with Crippen molar-refractivity contribution in [3.05, 3.63) is 76.1 Å². The third kappa shape index (κ3) is 3.08. The van der Waals surface area contributed by atoms with Crippen molar-refractivity contribution in [3.8, 4) is 5.75 Å². The van der Waals surface area contributed by atoms with Crippen LogP contribution < -0.4 is 10.2 Å². The second-order valence-corrected chi connectivity index (χ2v) is 5.00. The number of esters is 1. The Hall–Kier alpha value is -3.08. The Morgan fingerprint density at radius 3 is 2.65 bits per heavy atom. The van der Waals surface area contributed by atoms with Crippen LogP contribution in [0.1, 0.15) is 15.9 Å². The van der Waals surface area contributed by atoms with Crippen molar-refractivity contribution in [3.63, 3.8) is 0 Å². The van der Waals surface area contributed by atoms with Gasteiger partial charge >= 0.3 is 5.97 Å². The van der Waals surface area contributed by atoms with Crippen LogP contribution in [-0.4, -0.2) is 18.1 Å². The monoisotopic (exact) mass is 309 g/mol. The first-order valence-electron chi connectivity index (χ1n) is 7.09. The van der Waals surface area contributed by atoms with Crippen LogP contribution in [0.3, 0.4) is 0 Å². The summed E-state index contributed by atoms with van der Waals surface area (Å²) in [6.45, 7) is 0.404. The van der Waals surface area contributed by atoms with E-state index in [1.165, 1.54) is 13.3 Å². The molecule has 5 heteroatoms. The molecule has 1 heterocycles. The Kier molecular flexibility index (Phi) is 4.10. The Labute approximate surface area is 132 Å². The number of pyridine rings is 1. The minimum Gasteiger partial charge on any atom is -0.489 e. The first kappa shape index (κ1) is 14.8. The molecule has 116 valence electrons. The highest BCUT2D eigenvalue weighted by atomic mass is 16.5. The number of hydrogen-bond acceptors (Lipinski definition) is 4. The molecule has 23 heavy (non-hydrogen) atoms. The molecule has 0 aliphatic carbocycles. The average molecular weight is 309 g/mol. The summed E-state index contributed by atoms with van der Waals surface area (Å²) in [7, 11) is 1.24. The molecule has 1 N–H and O–H groups in total. The van der Waals surface area contributed by atoms with E-state index in [2.05, 4.69) is 9.72 Å². The quantitative estimate of drug-likeness (QED) is 0.752. The smallest absolute Gasteiger partial charge is 0.343 e. The van der Waals surface area contributed by atoms with Crippen LogP contribution in [0.5, 0.6) is 5.75 Å². The molecule has 0 unspecified atom stereocenters. The molecule has 0 spiro atoms. The lowest BCUT2D eigenvalue weighted by Gasteiger charge is -2.08. The summed E-state index contributed by atoms with van der Waals surface area (Å²) in [5.74, 6) is -0.0994. The summed E-state index contributed by atoms with van der Waals surface area (Å²) in [6, 6.07) is 14.9. The normalized spacial score (nSPS) is 10.5. The number of nitrogens with one attached hydrogen (secondary N) is 1. The highest BCUT2D eigenvalue weighted by molar-refractivity contribution is 5.93. The van der Waals surface area contributed by atoms with Gasteiger partial charge in [-0.15, -0.1) is 0 Å². The molecule has 0 atom stereocenters. The number of rotatable bonds is 4. The number of carbonyl (C=O) groups is 1. The second-order valence-electron chi connectivity index (χ2n) is 5.00. The summed E-state index contributed by atoms with van der Waals surface area (Å²) in [5, 5.41) is 0.387. The van der Waals surface area contributed by atoms with Gasteiger partial charge in [0.25, 0.3) is 0 Å². The van der Waals surface area contributed by atoms with E-state index in [0.717, 1.165) is 5.56 Å². The zero-order valence-electron chi connectivity index (χ0n) is 12.5. The fourth-order valence-electron chi connectivity index (χ4n) is 2.29. The number of methoxy groups -OCH3 is 1. The first-order valence-corrected chi connectivity index (χ1v) is 7.09. The molecular weight excluding hydrogens is 294 g/mol. The van der Waals surface area contributed by atoms with Crippen molar-refractivity contribution in [2.24, 2.45) is 0 Å². The Bertz CT molecular complexity index is 900. The number of ether oxygens (including phenoxy) is 2. The maximum Gasteiger partial charge on any atom is 0.343 e. The van der Waals surface area contributed by atoms with E-state index in [1.54, 1.807) is 18.2 Å². The van der Waals surface area contributed by atoms with Crippen LogP contribution in [-0.2, 0) is 11.3 Å². The van der Waals surface area contributed by atoms with Gasteiger partial charge in [0.15, 0.2) is 0 Å². The zero-order chi connectivity index (χ0) is 16.2. The summed E-state index contributed by atoms with van der Waals surface area (Å²) in [4.78, 5) is 26.9. The summed E-state index contributed by atoms with van der Waals surface area (Å²) in [6.07, 6.45) is 1.36. The summed E-state index contributed by atoms with van der Waals surface area (Å²) in [5.41, 5.74) is 1.26. The average Bonchev–Trinajstić information content (AvgIpc) is 2.61. The van der Waals surface area contributed by atoms with E-state index in [9.17, 15) is 9.59 Å². The van der Waals surface area contributed by atoms with Crippen molar-refractivity contribution in [1.82, 2.24) is 4.98 Å². The van der Waals surface area contributed by atoms with E-state index >= 15 is 0 Å². The predicted octanol–water partition coefficient (Wildman–Crippen LogP) is 2.89. The number of aromatic nitrogens is 1. The number of carbonyl (C=O) groups excluding carboxylic acids is 1. The van der Waals surface area contributed by atoms with Gasteiger partial charge in [-0.05, 0) is 23.8 Å². The van der Waals surface area contributed by atoms with Crippen LogP contribution in [0.25, 0.3) is 10.9 Å². The Morgan fingerprint density at radius 2 is 1.91 bits per heavy atom. The fourth-order valence-corrected chi connectivity index (χ4v) is 2.29. The number of hydrogen-bond donors (Lipinski definition) is 1. The molecule has 0 bridgehead atoms. The maximum atomic E-state index is 12.4. The molecule has 3 aromatic rings. The van der Waals surface area contributed by atoms with Crippen molar-refractivity contribution in [2.75, 3.05) is 7.11 Å². The number of benzene rings is 2. The minimum atomic E-state index is -0.663. The third-order valence-corrected chi connectivity index (χ3v) is 3.51. The van der Waals surface area contributed by atoms with Crippen LogP contribution in [0, 0.1) is 0 Å². The van der Waals surface area contributed by atoms with Crippen molar-refractivity contribution in [2.45, 2.75) is 6.61 Å². The molecule has 2 aromatic carbocycles. The molecular formula is C18H15NO4. The van der Waals surface area contributed by atoms with E-state index in [1.807, 2.05) is 30.3 Å². The van der Waals surface area contributed by atoms with E-state index < -0.39 is 5.97 Å². The van der Waals surface area contributed by atoms with E-state index in [4.69, 9.17) is 4.74 Å². The molecule has 1 aromatic heterocycles. The standard InChI is InChI=1S/C18H15NO4/c1-22-18(21)15-10-19-16-8-7-13(9-14(16)17(15)20)23-11-12-5-3-2-4-6-12/h2-10H,11H2,1H3,(H,19,20). The highest BCUT2D eigenvalue weighted by Gasteiger charge is 2.13. The molecule has 0 radical (unpaired) electrons. The Morgan fingerprint density at radius 1 is 1.13 bits per heavy atom. The molecule has 0 amide bonds. The predicted molar refractivity (Wildman–Crippen MR) is 86.7 cm³/mol. The summed E-state index contributed by atoms with van der Waals surface area (Å²) < 4.78 is 10.3. The number of fused-ring (bicyclic) bond motifs is 1. The van der Waals surface area contributed by atoms with Gasteiger partial charge in [0.1, 0.15) is 17.9 Å². The van der Waals surface area contributed by atoms with Crippen molar-refractivity contribution < 1.29 is 14.3 Å². The molecule has 0 saturated carbocycles. The minimum absolute atomic E-state index is 0.0276. The lowest BCUT2D eigenvalue weighted by Crippen LogP contribution is -2.17. The molecule has 5 nitrogen and oxygen atoms in total. The summed E-state index contributed by atoms with van der Waals surface area (Å²) >= 11 is 0. The molecule has 3 rings (SSSR count). The van der Waals surface area contributed by atoms with Gasteiger partial charge in [-0.1, -0.05) is 30.3 Å². The van der Waals surface area contributed by atoms with Crippen LogP contribution in [0.4, 0.5) is 0 Å². The Balaban J connectivity index is 1.92. The van der Waals surface area contributed by atoms with Crippen LogP contribution >= 0.6 is 0 Å². The SMILES string of the molecule is COC(=O)c1c[nH]c2ccc(OCc3ccccc3)cc2c1=O. The number of H-pyrrole nitrogens is 1. The molecule has 0 saturated heterocycles. The maximum absolute atomic E-state index is 12.4. The molecule has 0 aliphatic rings. The topological polar surface area (TPSA) is 68.4 Å². The molecule has 0 fully saturated rings. The van der Waals surface area contributed by atoms with Gasteiger partial charge in [0.2, 0.25) is 5.43 Å². The molecule has 0 aliphatic heterocycles. The highest BCUT2D eigenvalue weighted by Crippen LogP contribution is 2.18.